The summed E-state index contributed by atoms with van der Waals surface area (Å²) in [5.41, 5.74) is 0.564. The Morgan fingerprint density at radius 2 is 1.93 bits per heavy atom. The van der Waals surface area contributed by atoms with Crippen LogP contribution in [0.4, 0.5) is 0 Å². The van der Waals surface area contributed by atoms with Gasteiger partial charge in [-0.15, -0.1) is 0 Å². The van der Waals surface area contributed by atoms with E-state index >= 15 is 0 Å². The van der Waals surface area contributed by atoms with Gasteiger partial charge < -0.3 is 9.80 Å². The van der Waals surface area contributed by atoms with E-state index in [1.807, 2.05) is 0 Å². The molecular formula is C11H23N2O+. The van der Waals surface area contributed by atoms with E-state index in [-0.39, 0.29) is 5.91 Å². The van der Waals surface area contributed by atoms with Crippen LogP contribution in [0.15, 0.2) is 12.2 Å². The first-order chi connectivity index (χ1) is 6.24. The lowest BCUT2D eigenvalue weighted by atomic mass is 10.2. The van der Waals surface area contributed by atoms with Crippen LogP contribution in [0.25, 0.3) is 0 Å². The largest absolute Gasteiger partial charge is 0.311 e. The monoisotopic (exact) mass is 199 g/mol. The molecule has 0 spiro atoms. The lowest BCUT2D eigenvalue weighted by Crippen LogP contribution is -2.50. The van der Waals surface area contributed by atoms with Gasteiger partial charge in [-0.2, -0.15) is 0 Å². The molecule has 0 aliphatic rings. The first-order valence-electron chi connectivity index (χ1n) is 5.00. The molecular weight excluding hydrogens is 176 g/mol. The molecule has 1 amide bonds. The number of hydrogen-bond donors (Lipinski definition) is 1. The zero-order valence-electron chi connectivity index (χ0n) is 10.1. The van der Waals surface area contributed by atoms with E-state index in [9.17, 15) is 4.79 Å². The molecule has 0 fully saturated rings. The summed E-state index contributed by atoms with van der Waals surface area (Å²) in [6.07, 6.45) is 0. The predicted molar refractivity (Wildman–Crippen MR) is 59.6 cm³/mol. The van der Waals surface area contributed by atoms with Crippen molar-refractivity contribution in [1.82, 2.24) is 5.32 Å². The van der Waals surface area contributed by atoms with E-state index in [1.54, 1.807) is 6.92 Å². The summed E-state index contributed by atoms with van der Waals surface area (Å²) in [6.45, 7) is 11.4. The van der Waals surface area contributed by atoms with E-state index in [1.165, 1.54) is 0 Å². The molecule has 0 aliphatic heterocycles. The van der Waals surface area contributed by atoms with Crippen LogP contribution >= 0.6 is 0 Å². The topological polar surface area (TPSA) is 29.1 Å². The molecule has 0 aromatic rings. The van der Waals surface area contributed by atoms with Gasteiger partial charge in [0.1, 0.15) is 0 Å². The van der Waals surface area contributed by atoms with E-state index in [4.69, 9.17) is 0 Å². The Morgan fingerprint density at radius 1 is 1.43 bits per heavy atom. The first kappa shape index (κ1) is 13.2. The Bertz CT molecular complexity index is 219. The van der Waals surface area contributed by atoms with Gasteiger partial charge in [0.15, 0.2) is 6.67 Å². The van der Waals surface area contributed by atoms with Crippen LogP contribution in [0, 0.1) is 5.92 Å². The second kappa shape index (κ2) is 5.15. The van der Waals surface area contributed by atoms with Gasteiger partial charge in [0.05, 0.1) is 20.6 Å². The third-order valence-corrected chi connectivity index (χ3v) is 1.91. The normalized spacial score (nSPS) is 11.6. The minimum absolute atomic E-state index is 0.0556. The third kappa shape index (κ3) is 5.75. The zero-order valence-corrected chi connectivity index (χ0v) is 10.1. The van der Waals surface area contributed by atoms with E-state index in [2.05, 4.69) is 39.8 Å². The Kier molecular flexibility index (Phi) is 4.85. The van der Waals surface area contributed by atoms with Crippen LogP contribution in [0.3, 0.4) is 0 Å². The predicted octanol–water partition coefficient (Wildman–Crippen LogP) is 1.37. The number of carbonyl (C=O) groups excluding carboxylic acids is 1. The number of nitrogens with zero attached hydrogens (tertiary/aromatic N) is 1. The molecule has 0 atom stereocenters. The van der Waals surface area contributed by atoms with E-state index in [0.29, 0.717) is 18.2 Å². The van der Waals surface area contributed by atoms with E-state index < -0.39 is 0 Å². The Morgan fingerprint density at radius 3 is 2.29 bits per heavy atom. The van der Waals surface area contributed by atoms with Crippen molar-refractivity contribution in [2.45, 2.75) is 20.8 Å². The fourth-order valence-corrected chi connectivity index (χ4v) is 1.49. The maximum Gasteiger partial charge on any atom is 0.250 e. The van der Waals surface area contributed by atoms with Gasteiger partial charge in [-0.3, -0.25) is 4.79 Å². The number of hydrogen-bond acceptors (Lipinski definition) is 1. The van der Waals surface area contributed by atoms with Gasteiger partial charge in [-0.05, 0) is 6.92 Å². The van der Waals surface area contributed by atoms with Crippen LogP contribution in [-0.4, -0.2) is 37.7 Å². The molecule has 1 N–H and O–H groups in total. The van der Waals surface area contributed by atoms with Gasteiger partial charge in [-0.1, -0.05) is 20.4 Å². The van der Waals surface area contributed by atoms with Crippen molar-refractivity contribution in [3.63, 3.8) is 0 Å². The minimum Gasteiger partial charge on any atom is -0.311 e. The Labute approximate surface area is 87.4 Å². The maximum absolute atomic E-state index is 11.3. The number of quaternary nitrogens is 1. The van der Waals surface area contributed by atoms with Crippen molar-refractivity contribution in [2.24, 2.45) is 5.92 Å². The van der Waals surface area contributed by atoms with Gasteiger partial charge in [0, 0.05) is 11.5 Å². The molecule has 0 rings (SSSR count). The summed E-state index contributed by atoms with van der Waals surface area (Å²) in [5.74, 6) is 0.576. The van der Waals surface area contributed by atoms with Crippen LogP contribution in [0.5, 0.6) is 0 Å². The van der Waals surface area contributed by atoms with Gasteiger partial charge in [0.2, 0.25) is 0 Å². The summed E-state index contributed by atoms with van der Waals surface area (Å²) >= 11 is 0. The molecule has 0 heterocycles. The van der Waals surface area contributed by atoms with Gasteiger partial charge >= 0.3 is 0 Å². The molecule has 0 aromatic heterocycles. The smallest absolute Gasteiger partial charge is 0.250 e. The highest BCUT2D eigenvalue weighted by Gasteiger charge is 2.17. The van der Waals surface area contributed by atoms with Crippen LogP contribution in [0.1, 0.15) is 20.8 Å². The fourth-order valence-electron chi connectivity index (χ4n) is 1.49. The number of carbonyl (C=O) groups is 1. The summed E-state index contributed by atoms with van der Waals surface area (Å²) in [4.78, 5) is 11.3. The third-order valence-electron chi connectivity index (χ3n) is 1.91. The Hall–Kier alpha value is -0.830. The zero-order chi connectivity index (χ0) is 11.4. The van der Waals surface area contributed by atoms with Crippen LogP contribution in [-0.2, 0) is 4.79 Å². The first-order valence-corrected chi connectivity index (χ1v) is 5.00. The standard InChI is InChI=1S/C11H22N2O/c1-9(2)7-13(5,6)8-12-11(14)10(3)4/h9H,3,7-8H2,1-2,4-6H3/p+1. The Balaban J connectivity index is 3.98. The summed E-state index contributed by atoms with van der Waals surface area (Å²) in [6, 6.07) is 0. The number of amides is 1. The highest BCUT2D eigenvalue weighted by Crippen LogP contribution is 2.02. The van der Waals surface area contributed by atoms with Crippen molar-refractivity contribution < 1.29 is 9.28 Å². The molecule has 0 saturated carbocycles. The number of rotatable bonds is 5. The number of nitrogens with one attached hydrogen (secondary N) is 1. The lowest BCUT2D eigenvalue weighted by molar-refractivity contribution is -0.895. The molecule has 0 radical (unpaired) electrons. The highest BCUT2D eigenvalue weighted by molar-refractivity contribution is 5.91. The molecule has 0 saturated heterocycles. The molecule has 0 bridgehead atoms. The minimum atomic E-state index is -0.0556. The van der Waals surface area contributed by atoms with Crippen molar-refractivity contribution in [1.29, 1.82) is 0 Å². The average molecular weight is 199 g/mol. The molecule has 0 unspecified atom stereocenters. The molecule has 14 heavy (non-hydrogen) atoms. The second-order valence-corrected chi connectivity index (χ2v) is 4.96. The van der Waals surface area contributed by atoms with Crippen LogP contribution < -0.4 is 5.32 Å². The fraction of sp³-hybridized carbons (Fsp3) is 0.727. The molecule has 82 valence electrons. The van der Waals surface area contributed by atoms with Crippen molar-refractivity contribution in [2.75, 3.05) is 27.3 Å². The van der Waals surface area contributed by atoms with Crippen molar-refractivity contribution in [3.8, 4) is 0 Å². The SMILES string of the molecule is C=C(C)C(=O)NC[N+](C)(C)CC(C)C. The summed E-state index contributed by atoms with van der Waals surface area (Å²) in [5, 5.41) is 2.86. The molecule has 3 nitrogen and oxygen atoms in total. The van der Waals surface area contributed by atoms with E-state index in [0.717, 1.165) is 11.0 Å². The quantitative estimate of drug-likeness (QED) is 0.404. The summed E-state index contributed by atoms with van der Waals surface area (Å²) < 4.78 is 0.802. The lowest BCUT2D eigenvalue weighted by Gasteiger charge is -2.31. The highest BCUT2D eigenvalue weighted by atomic mass is 16.1. The maximum atomic E-state index is 11.3. The average Bonchev–Trinajstić information content (AvgIpc) is 1.97. The second-order valence-electron chi connectivity index (χ2n) is 4.96. The van der Waals surface area contributed by atoms with Gasteiger partial charge in [0.25, 0.3) is 5.91 Å². The van der Waals surface area contributed by atoms with Gasteiger partial charge in [-0.25, -0.2) is 0 Å². The summed E-state index contributed by atoms with van der Waals surface area (Å²) in [7, 11) is 4.22. The molecule has 0 aliphatic carbocycles. The molecule has 3 heteroatoms. The molecule has 0 aromatic carbocycles. The van der Waals surface area contributed by atoms with Crippen LogP contribution in [0.2, 0.25) is 0 Å². The van der Waals surface area contributed by atoms with Crippen molar-refractivity contribution in [3.05, 3.63) is 12.2 Å². The van der Waals surface area contributed by atoms with Crippen molar-refractivity contribution >= 4 is 5.91 Å².